The van der Waals surface area contributed by atoms with Crippen LogP contribution < -0.4 is 28.7 Å². The van der Waals surface area contributed by atoms with Crippen molar-refractivity contribution in [1.82, 2.24) is 0 Å². The van der Waals surface area contributed by atoms with E-state index in [-0.39, 0.29) is 31.0 Å². The second kappa shape index (κ2) is 10.5. The van der Waals surface area contributed by atoms with E-state index in [4.69, 9.17) is 4.74 Å². The van der Waals surface area contributed by atoms with E-state index in [2.05, 4.69) is 4.74 Å². The minimum Gasteiger partial charge on any atom is -0.872 e. The molecule has 0 fully saturated rings. The summed E-state index contributed by atoms with van der Waals surface area (Å²) in [6.45, 7) is 3.41. The summed E-state index contributed by atoms with van der Waals surface area (Å²) in [5.74, 6) is -1.84. The fourth-order valence-electron chi connectivity index (χ4n) is 2.11. The molecule has 130 valence electrons. The molecule has 0 aromatic heterocycles. The number of carbonyl (C=O) groups excluding carboxylic acids is 2. The van der Waals surface area contributed by atoms with Crippen LogP contribution in [0.2, 0.25) is 0 Å². The van der Waals surface area contributed by atoms with E-state index >= 15 is 0 Å². The minimum atomic E-state index is -1.02. The van der Waals surface area contributed by atoms with Crippen LogP contribution in [0, 0.1) is 0 Å². The average Bonchev–Trinajstić information content (AvgIpc) is 2.66. The minimum absolute atomic E-state index is 0. The van der Waals surface area contributed by atoms with Gasteiger partial charge in [0.25, 0.3) is 5.78 Å². The average molecular weight is 346 g/mol. The van der Waals surface area contributed by atoms with Crippen LogP contribution in [0.25, 0.3) is 5.76 Å². The van der Waals surface area contributed by atoms with Crippen LogP contribution in [0.5, 0.6) is 5.75 Å². The molecule has 0 atom stereocenters. The van der Waals surface area contributed by atoms with Crippen LogP contribution in [-0.2, 0) is 20.9 Å². The van der Waals surface area contributed by atoms with Crippen LogP contribution in [0.4, 0.5) is 0 Å². The molecule has 6 heteroatoms. The van der Waals surface area contributed by atoms with Crippen LogP contribution in [0.15, 0.2) is 60.2 Å². The van der Waals surface area contributed by atoms with Crippen LogP contribution in [0.3, 0.4) is 0 Å². The van der Waals surface area contributed by atoms with Gasteiger partial charge >= 0.3 is 24.8 Å². The van der Waals surface area contributed by atoms with Crippen molar-refractivity contribution in [3.05, 3.63) is 71.3 Å². The standard InChI is InChI=1S/C20H20O5.Li/c1-3-24-20(23)19(22)14(2)18(21)16-9-11-17(12-10-16)25-13-15-7-5-4-6-8-15;/h4-12,21H,3,13H2,1-2H3;/q;+1/p-1/b18-14-;. The predicted octanol–water partition coefficient (Wildman–Crippen LogP) is -0.507. The van der Waals surface area contributed by atoms with Gasteiger partial charge in [0.2, 0.25) is 0 Å². The van der Waals surface area contributed by atoms with E-state index in [1.165, 1.54) is 6.92 Å². The summed E-state index contributed by atoms with van der Waals surface area (Å²) in [5, 5.41) is 12.3. The van der Waals surface area contributed by atoms with Crippen molar-refractivity contribution in [1.29, 1.82) is 0 Å². The van der Waals surface area contributed by atoms with Gasteiger partial charge in [-0.2, -0.15) is 0 Å². The first-order chi connectivity index (χ1) is 12.0. The number of hydrogen-bond donors (Lipinski definition) is 0. The molecule has 2 aromatic rings. The first-order valence-corrected chi connectivity index (χ1v) is 7.89. The third-order valence-corrected chi connectivity index (χ3v) is 3.51. The fraction of sp³-hybridized carbons (Fsp3) is 0.200. The molecule has 0 heterocycles. The Balaban J connectivity index is 0.00000338. The van der Waals surface area contributed by atoms with Crippen LogP contribution >= 0.6 is 0 Å². The zero-order valence-electron chi connectivity index (χ0n) is 15.2. The molecule has 5 nitrogen and oxygen atoms in total. The van der Waals surface area contributed by atoms with Crippen molar-refractivity contribution < 1.29 is 43.0 Å². The van der Waals surface area contributed by atoms with Crippen LogP contribution in [-0.4, -0.2) is 18.4 Å². The molecule has 0 saturated heterocycles. The number of carbonyl (C=O) groups is 2. The summed E-state index contributed by atoms with van der Waals surface area (Å²) in [6, 6.07) is 16.1. The van der Waals surface area contributed by atoms with E-state index in [0.717, 1.165) is 5.56 Å². The summed E-state index contributed by atoms with van der Waals surface area (Å²) in [4.78, 5) is 23.2. The Bertz CT molecular complexity index is 767. The number of esters is 1. The molecule has 0 aliphatic carbocycles. The smallest absolute Gasteiger partial charge is 0.872 e. The molecule has 0 spiro atoms. The van der Waals surface area contributed by atoms with Crippen molar-refractivity contribution >= 4 is 17.5 Å². The van der Waals surface area contributed by atoms with Gasteiger partial charge in [0.05, 0.1) is 6.61 Å². The third-order valence-electron chi connectivity index (χ3n) is 3.51. The Labute approximate surface area is 164 Å². The van der Waals surface area contributed by atoms with E-state index in [1.54, 1.807) is 31.2 Å². The quantitative estimate of drug-likeness (QED) is 0.222. The molecule has 2 aromatic carbocycles. The maximum atomic E-state index is 12.3. The van der Waals surface area contributed by atoms with Gasteiger partial charge in [-0.25, -0.2) is 4.79 Å². The Morgan fingerprint density at radius 1 is 1.00 bits per heavy atom. The number of ether oxygens (including phenoxy) is 2. The second-order valence-corrected chi connectivity index (χ2v) is 5.30. The number of Topliss-reactive ketones (excluding diaryl/α,β-unsaturated/α-hetero) is 1. The van der Waals surface area contributed by atoms with Crippen molar-refractivity contribution in [3.8, 4) is 5.75 Å². The Hall–Kier alpha value is -2.48. The molecule has 0 unspecified atom stereocenters. The van der Waals surface area contributed by atoms with Crippen molar-refractivity contribution in [2.75, 3.05) is 6.61 Å². The van der Waals surface area contributed by atoms with E-state index < -0.39 is 17.5 Å². The molecule has 26 heavy (non-hydrogen) atoms. The molecular formula is C20H19LiO5. The van der Waals surface area contributed by atoms with E-state index in [1.807, 2.05) is 30.3 Å². The molecule has 0 saturated carbocycles. The van der Waals surface area contributed by atoms with E-state index in [0.29, 0.717) is 17.9 Å². The SMILES string of the molecule is CCOC(=O)C(=O)/C(C)=C(\[O-])c1ccc(OCc2ccccc2)cc1.[Li+]. The van der Waals surface area contributed by atoms with Gasteiger partial charge in [0.15, 0.2) is 0 Å². The monoisotopic (exact) mass is 346 g/mol. The van der Waals surface area contributed by atoms with Gasteiger partial charge in [0, 0.05) is 0 Å². The molecule has 0 aliphatic rings. The van der Waals surface area contributed by atoms with Crippen molar-refractivity contribution in [3.63, 3.8) is 0 Å². The van der Waals surface area contributed by atoms with Crippen molar-refractivity contribution in [2.24, 2.45) is 0 Å². The molecular weight excluding hydrogens is 327 g/mol. The van der Waals surface area contributed by atoms with Crippen LogP contribution in [0.1, 0.15) is 25.0 Å². The number of rotatable bonds is 7. The van der Waals surface area contributed by atoms with Gasteiger partial charge in [-0.3, -0.25) is 4.79 Å². The molecule has 0 bridgehead atoms. The molecule has 0 amide bonds. The zero-order valence-corrected chi connectivity index (χ0v) is 15.2. The number of benzene rings is 2. The maximum Gasteiger partial charge on any atom is 1.00 e. The molecule has 0 N–H and O–H groups in total. The number of ketones is 1. The van der Waals surface area contributed by atoms with Gasteiger partial charge in [-0.05, 0) is 42.7 Å². The largest absolute Gasteiger partial charge is 1.00 e. The van der Waals surface area contributed by atoms with Gasteiger partial charge in [-0.15, -0.1) is 0 Å². The Morgan fingerprint density at radius 3 is 2.19 bits per heavy atom. The second-order valence-electron chi connectivity index (χ2n) is 5.30. The fourth-order valence-corrected chi connectivity index (χ4v) is 2.11. The number of hydrogen-bond acceptors (Lipinski definition) is 5. The summed E-state index contributed by atoms with van der Waals surface area (Å²) < 4.78 is 10.3. The normalized spacial score (nSPS) is 11.0. The summed E-state index contributed by atoms with van der Waals surface area (Å²) in [6.07, 6.45) is 0. The zero-order chi connectivity index (χ0) is 18.2. The van der Waals surface area contributed by atoms with Gasteiger partial charge < -0.3 is 14.6 Å². The predicted molar refractivity (Wildman–Crippen MR) is 91.5 cm³/mol. The molecule has 0 radical (unpaired) electrons. The Kier molecular flexibility index (Phi) is 8.70. The Morgan fingerprint density at radius 2 is 1.62 bits per heavy atom. The summed E-state index contributed by atoms with van der Waals surface area (Å²) in [7, 11) is 0. The summed E-state index contributed by atoms with van der Waals surface area (Å²) in [5.41, 5.74) is 1.17. The van der Waals surface area contributed by atoms with E-state index in [9.17, 15) is 14.7 Å². The van der Waals surface area contributed by atoms with Gasteiger partial charge in [0.1, 0.15) is 12.4 Å². The van der Waals surface area contributed by atoms with Gasteiger partial charge in [-0.1, -0.05) is 48.2 Å². The third kappa shape index (κ3) is 5.80. The molecule has 0 aliphatic heterocycles. The topological polar surface area (TPSA) is 75.7 Å². The first kappa shape index (κ1) is 21.6. The first-order valence-electron chi connectivity index (χ1n) is 7.89. The maximum absolute atomic E-state index is 12.3. The molecule has 2 rings (SSSR count). The van der Waals surface area contributed by atoms with Crippen molar-refractivity contribution in [2.45, 2.75) is 20.5 Å². The summed E-state index contributed by atoms with van der Waals surface area (Å²) >= 11 is 0.